The van der Waals surface area contributed by atoms with E-state index in [9.17, 15) is 21.6 Å². The molecule has 0 saturated heterocycles. The highest BCUT2D eigenvalue weighted by Gasteiger charge is 2.31. The maximum atomic E-state index is 12.8. The third-order valence-electron chi connectivity index (χ3n) is 3.07. The molecule has 2 rings (SSSR count). The van der Waals surface area contributed by atoms with Crippen molar-refractivity contribution < 1.29 is 21.6 Å². The van der Waals surface area contributed by atoms with Gasteiger partial charge < -0.3 is 5.32 Å². The van der Waals surface area contributed by atoms with Crippen LogP contribution in [0.3, 0.4) is 0 Å². The predicted molar refractivity (Wildman–Crippen MR) is 91.7 cm³/mol. The largest absolute Gasteiger partial charge is 0.416 e. The lowest BCUT2D eigenvalue weighted by atomic mass is 10.2. The number of benzene rings is 1. The van der Waals surface area contributed by atoms with Crippen LogP contribution in [0.2, 0.25) is 5.02 Å². The third kappa shape index (κ3) is 5.50. The summed E-state index contributed by atoms with van der Waals surface area (Å²) in [5.74, 6) is 0.0864. The quantitative estimate of drug-likeness (QED) is 0.749. The molecule has 0 saturated carbocycles. The van der Waals surface area contributed by atoms with Gasteiger partial charge in [-0.15, -0.1) is 0 Å². The highest BCUT2D eigenvalue weighted by molar-refractivity contribution is 7.92. The summed E-state index contributed by atoms with van der Waals surface area (Å²) < 4.78 is 63.9. The molecule has 0 radical (unpaired) electrons. The number of sulfonamides is 1. The number of nitrogens with one attached hydrogen (secondary N) is 2. The molecule has 2 N–H and O–H groups in total. The summed E-state index contributed by atoms with van der Waals surface area (Å²) in [7, 11) is -3.46. The summed E-state index contributed by atoms with van der Waals surface area (Å²) in [6.07, 6.45) is -2.73. The maximum Gasteiger partial charge on any atom is 0.416 e. The number of aromatic nitrogens is 1. The molecule has 5 nitrogen and oxygen atoms in total. The average molecular weight is 394 g/mol. The highest BCUT2D eigenvalue weighted by Crippen LogP contribution is 2.34. The van der Waals surface area contributed by atoms with Gasteiger partial charge in [0.2, 0.25) is 10.0 Å². The average Bonchev–Trinajstić information content (AvgIpc) is 2.50. The monoisotopic (exact) mass is 393 g/mol. The zero-order valence-corrected chi connectivity index (χ0v) is 14.6. The van der Waals surface area contributed by atoms with E-state index in [1.165, 1.54) is 18.3 Å². The Labute approximate surface area is 148 Å². The second-order valence-electron chi connectivity index (χ2n) is 5.17. The van der Waals surface area contributed by atoms with Crippen molar-refractivity contribution in [2.45, 2.75) is 19.5 Å². The van der Waals surface area contributed by atoms with E-state index in [0.29, 0.717) is 12.1 Å². The Kier molecular flexibility index (Phi) is 5.79. The van der Waals surface area contributed by atoms with Crippen molar-refractivity contribution in [1.82, 2.24) is 4.98 Å². The third-order valence-corrected chi connectivity index (χ3v) is 4.86. The van der Waals surface area contributed by atoms with Gasteiger partial charge in [-0.2, -0.15) is 13.2 Å². The molecular formula is C15H15ClF3N3O2S. The normalized spacial score (nSPS) is 12.0. The standard InChI is InChI=1S/C15H15ClF3N3O2S/c1-2-7-25(23,24)22-14-6-4-11(9-20-14)21-13-8-10(15(17,18)19)3-5-12(13)16/h3-6,8-9,21H,2,7H2,1H3,(H,20,22). The van der Waals surface area contributed by atoms with Crippen LogP contribution in [0.5, 0.6) is 0 Å². The number of anilines is 3. The van der Waals surface area contributed by atoms with Gasteiger partial charge in [-0.05, 0) is 36.8 Å². The Bertz CT molecular complexity index is 840. The summed E-state index contributed by atoms with van der Waals surface area (Å²) in [5, 5.41) is 2.84. The predicted octanol–water partition coefficient (Wildman–Crippen LogP) is 4.65. The Hall–Kier alpha value is -2.00. The van der Waals surface area contributed by atoms with Gasteiger partial charge in [-0.25, -0.2) is 13.4 Å². The van der Waals surface area contributed by atoms with E-state index >= 15 is 0 Å². The van der Waals surface area contributed by atoms with E-state index < -0.39 is 21.8 Å². The second-order valence-corrected chi connectivity index (χ2v) is 7.42. The molecule has 2 aromatic rings. The number of hydrogen-bond donors (Lipinski definition) is 2. The number of halogens is 4. The smallest absolute Gasteiger partial charge is 0.353 e. The topological polar surface area (TPSA) is 71.1 Å². The first kappa shape index (κ1) is 19.3. The Morgan fingerprint density at radius 2 is 1.92 bits per heavy atom. The summed E-state index contributed by atoms with van der Waals surface area (Å²) in [6.45, 7) is 1.73. The van der Waals surface area contributed by atoms with Crippen LogP contribution in [0.25, 0.3) is 0 Å². The fraction of sp³-hybridized carbons (Fsp3) is 0.267. The Morgan fingerprint density at radius 3 is 2.48 bits per heavy atom. The van der Waals surface area contributed by atoms with Crippen LogP contribution in [0.1, 0.15) is 18.9 Å². The molecule has 0 aliphatic carbocycles. The SMILES string of the molecule is CCCS(=O)(=O)Nc1ccc(Nc2cc(C(F)(F)F)ccc2Cl)cn1. The van der Waals surface area contributed by atoms with Crippen LogP contribution in [-0.4, -0.2) is 19.2 Å². The second kappa shape index (κ2) is 7.49. The summed E-state index contributed by atoms with van der Waals surface area (Å²) in [6, 6.07) is 5.80. The molecule has 0 aliphatic heterocycles. The van der Waals surface area contributed by atoms with Crippen molar-refractivity contribution in [2.24, 2.45) is 0 Å². The lowest BCUT2D eigenvalue weighted by molar-refractivity contribution is -0.137. The lowest BCUT2D eigenvalue weighted by Crippen LogP contribution is -2.16. The van der Waals surface area contributed by atoms with Crippen molar-refractivity contribution in [3.8, 4) is 0 Å². The van der Waals surface area contributed by atoms with Gasteiger partial charge in [-0.3, -0.25) is 4.72 Å². The number of hydrogen-bond acceptors (Lipinski definition) is 4. The number of pyridine rings is 1. The van der Waals surface area contributed by atoms with Gasteiger partial charge in [0.05, 0.1) is 33.9 Å². The van der Waals surface area contributed by atoms with Crippen molar-refractivity contribution >= 4 is 38.8 Å². The van der Waals surface area contributed by atoms with Crippen LogP contribution in [-0.2, 0) is 16.2 Å². The van der Waals surface area contributed by atoms with Crippen molar-refractivity contribution in [3.05, 3.63) is 47.1 Å². The van der Waals surface area contributed by atoms with Crippen LogP contribution < -0.4 is 10.0 Å². The van der Waals surface area contributed by atoms with Gasteiger partial charge in [0.1, 0.15) is 5.82 Å². The van der Waals surface area contributed by atoms with Gasteiger partial charge in [-0.1, -0.05) is 18.5 Å². The van der Waals surface area contributed by atoms with E-state index in [1.807, 2.05) is 0 Å². The first-order valence-corrected chi connectivity index (χ1v) is 9.24. The van der Waals surface area contributed by atoms with Crippen LogP contribution in [0.15, 0.2) is 36.5 Å². The fourth-order valence-corrected chi connectivity index (χ4v) is 3.20. The van der Waals surface area contributed by atoms with Crippen molar-refractivity contribution in [3.63, 3.8) is 0 Å². The van der Waals surface area contributed by atoms with Gasteiger partial charge in [0.25, 0.3) is 0 Å². The first-order chi connectivity index (χ1) is 11.6. The summed E-state index contributed by atoms with van der Waals surface area (Å²) >= 11 is 5.91. The summed E-state index contributed by atoms with van der Waals surface area (Å²) in [5.41, 5.74) is -0.409. The molecule has 1 aromatic heterocycles. The van der Waals surface area contributed by atoms with Crippen molar-refractivity contribution in [1.29, 1.82) is 0 Å². The van der Waals surface area contributed by atoms with E-state index in [0.717, 1.165) is 18.2 Å². The Morgan fingerprint density at radius 1 is 1.20 bits per heavy atom. The van der Waals surface area contributed by atoms with E-state index in [1.54, 1.807) is 6.92 Å². The minimum atomic E-state index is -4.49. The van der Waals surface area contributed by atoms with E-state index in [4.69, 9.17) is 11.6 Å². The molecule has 0 atom stereocenters. The molecule has 25 heavy (non-hydrogen) atoms. The first-order valence-electron chi connectivity index (χ1n) is 7.21. The minimum absolute atomic E-state index is 0.0332. The summed E-state index contributed by atoms with van der Waals surface area (Å²) in [4.78, 5) is 3.93. The van der Waals surface area contributed by atoms with Gasteiger partial charge in [0.15, 0.2) is 0 Å². The molecule has 1 aromatic carbocycles. The van der Waals surface area contributed by atoms with Crippen LogP contribution >= 0.6 is 11.6 Å². The molecule has 0 bridgehead atoms. The van der Waals surface area contributed by atoms with E-state index in [-0.39, 0.29) is 22.3 Å². The van der Waals surface area contributed by atoms with Gasteiger partial charge in [0, 0.05) is 0 Å². The zero-order chi connectivity index (χ0) is 18.7. The molecular weight excluding hydrogens is 379 g/mol. The molecule has 0 unspecified atom stereocenters. The fourth-order valence-electron chi connectivity index (χ4n) is 1.96. The Balaban J connectivity index is 2.17. The number of rotatable bonds is 6. The highest BCUT2D eigenvalue weighted by atomic mass is 35.5. The maximum absolute atomic E-state index is 12.8. The number of alkyl halides is 3. The van der Waals surface area contributed by atoms with Crippen molar-refractivity contribution in [2.75, 3.05) is 15.8 Å². The lowest BCUT2D eigenvalue weighted by Gasteiger charge is -2.13. The van der Waals surface area contributed by atoms with Gasteiger partial charge >= 0.3 is 6.18 Å². The molecule has 0 amide bonds. The zero-order valence-electron chi connectivity index (χ0n) is 13.1. The molecule has 10 heteroatoms. The molecule has 0 fully saturated rings. The molecule has 0 aliphatic rings. The molecule has 0 spiro atoms. The van der Waals surface area contributed by atoms with Crippen LogP contribution in [0.4, 0.5) is 30.4 Å². The minimum Gasteiger partial charge on any atom is -0.353 e. The van der Waals surface area contributed by atoms with E-state index in [2.05, 4.69) is 15.0 Å². The number of nitrogens with zero attached hydrogens (tertiary/aromatic N) is 1. The molecule has 1 heterocycles. The van der Waals surface area contributed by atoms with Crippen LogP contribution in [0, 0.1) is 0 Å². The molecule has 136 valence electrons.